The molecule has 0 aliphatic carbocycles. The monoisotopic (exact) mass is 337 g/mol. The molecule has 0 radical (unpaired) electrons. The number of hydrogen-bond acceptors (Lipinski definition) is 4. The maximum Gasteiger partial charge on any atom is 0.255 e. The molecular formula is C20H19NO4. The van der Waals surface area contributed by atoms with Crippen LogP contribution in [0.4, 0.5) is 0 Å². The first-order chi connectivity index (χ1) is 12.1. The molecule has 128 valence electrons. The second-order valence-corrected chi connectivity index (χ2v) is 5.59. The van der Waals surface area contributed by atoms with Crippen molar-refractivity contribution < 1.29 is 19.4 Å². The molecule has 0 saturated heterocycles. The van der Waals surface area contributed by atoms with Gasteiger partial charge in [-0.1, -0.05) is 30.3 Å². The van der Waals surface area contributed by atoms with E-state index < -0.39 is 0 Å². The highest BCUT2D eigenvalue weighted by Gasteiger charge is 2.13. The summed E-state index contributed by atoms with van der Waals surface area (Å²) in [7, 11) is 3.13. The number of carbonyl (C=O) groups excluding carboxylic acids is 1. The van der Waals surface area contributed by atoms with E-state index in [4.69, 9.17) is 9.47 Å². The summed E-state index contributed by atoms with van der Waals surface area (Å²) in [4.78, 5) is 12.4. The molecule has 2 N–H and O–H groups in total. The summed E-state index contributed by atoms with van der Waals surface area (Å²) in [6, 6.07) is 16.3. The number of nitrogens with one attached hydrogen (secondary N) is 1. The smallest absolute Gasteiger partial charge is 0.255 e. The fourth-order valence-electron chi connectivity index (χ4n) is 2.68. The lowest BCUT2D eigenvalue weighted by atomic mass is 10.1. The van der Waals surface area contributed by atoms with Gasteiger partial charge in [0.25, 0.3) is 5.91 Å². The van der Waals surface area contributed by atoms with E-state index in [1.54, 1.807) is 38.5 Å². The van der Waals surface area contributed by atoms with Crippen LogP contribution in [0.2, 0.25) is 0 Å². The molecule has 25 heavy (non-hydrogen) atoms. The molecule has 0 aliphatic heterocycles. The number of amides is 1. The third-order valence-electron chi connectivity index (χ3n) is 4.01. The van der Waals surface area contributed by atoms with Gasteiger partial charge in [0.15, 0.2) is 11.5 Å². The number of fused-ring (bicyclic) bond motifs is 1. The highest BCUT2D eigenvalue weighted by molar-refractivity contribution is 6.01. The average molecular weight is 337 g/mol. The molecule has 3 aromatic rings. The number of phenolic OH excluding ortho intramolecular Hbond substituents is 1. The van der Waals surface area contributed by atoms with Crippen molar-refractivity contribution in [3.05, 3.63) is 65.7 Å². The summed E-state index contributed by atoms with van der Waals surface area (Å²) in [6.07, 6.45) is 0. The molecule has 3 rings (SSSR count). The molecule has 0 unspecified atom stereocenters. The molecule has 0 spiro atoms. The van der Waals surface area contributed by atoms with Gasteiger partial charge in [0.1, 0.15) is 5.75 Å². The van der Waals surface area contributed by atoms with Gasteiger partial charge in [-0.2, -0.15) is 0 Å². The summed E-state index contributed by atoms with van der Waals surface area (Å²) in [5, 5.41) is 14.7. The fourth-order valence-corrected chi connectivity index (χ4v) is 2.68. The second-order valence-electron chi connectivity index (χ2n) is 5.59. The number of methoxy groups -OCH3 is 2. The number of hydrogen-bond donors (Lipinski definition) is 2. The first-order valence-corrected chi connectivity index (χ1v) is 7.83. The number of ether oxygens (including phenoxy) is 2. The average Bonchev–Trinajstić information content (AvgIpc) is 2.65. The SMILES string of the molecule is COc1ccc(CNC(=O)c2cc3ccccc3cc2O)cc1OC. The van der Waals surface area contributed by atoms with Crippen LogP contribution in [0, 0.1) is 0 Å². The largest absolute Gasteiger partial charge is 0.507 e. The van der Waals surface area contributed by atoms with Crippen LogP contribution in [0.15, 0.2) is 54.6 Å². The Balaban J connectivity index is 1.78. The highest BCUT2D eigenvalue weighted by atomic mass is 16.5. The van der Waals surface area contributed by atoms with E-state index in [2.05, 4.69) is 5.32 Å². The van der Waals surface area contributed by atoms with E-state index in [0.29, 0.717) is 18.0 Å². The van der Waals surface area contributed by atoms with Crippen molar-refractivity contribution >= 4 is 16.7 Å². The Kier molecular flexibility index (Phi) is 4.75. The molecule has 0 saturated carbocycles. The zero-order chi connectivity index (χ0) is 17.8. The zero-order valence-electron chi connectivity index (χ0n) is 14.1. The number of rotatable bonds is 5. The fraction of sp³-hybridized carbons (Fsp3) is 0.150. The normalized spacial score (nSPS) is 10.5. The Bertz CT molecular complexity index is 921. The Morgan fingerprint density at radius 2 is 1.64 bits per heavy atom. The summed E-state index contributed by atoms with van der Waals surface area (Å²) in [6.45, 7) is 0.311. The van der Waals surface area contributed by atoms with Gasteiger partial charge in [-0.15, -0.1) is 0 Å². The van der Waals surface area contributed by atoms with Gasteiger partial charge in [-0.05, 0) is 40.6 Å². The maximum absolute atomic E-state index is 12.4. The topological polar surface area (TPSA) is 67.8 Å². The minimum Gasteiger partial charge on any atom is -0.507 e. The molecule has 0 atom stereocenters. The molecule has 1 amide bonds. The molecule has 3 aromatic carbocycles. The van der Waals surface area contributed by atoms with Crippen molar-refractivity contribution in [2.24, 2.45) is 0 Å². The number of aromatic hydroxyl groups is 1. The molecule has 5 heteroatoms. The zero-order valence-corrected chi connectivity index (χ0v) is 14.1. The maximum atomic E-state index is 12.4. The van der Waals surface area contributed by atoms with Gasteiger partial charge in [0.2, 0.25) is 0 Å². The molecule has 0 aromatic heterocycles. The van der Waals surface area contributed by atoms with Crippen molar-refractivity contribution in [2.75, 3.05) is 14.2 Å². The van der Waals surface area contributed by atoms with E-state index in [0.717, 1.165) is 16.3 Å². The van der Waals surface area contributed by atoms with Crippen molar-refractivity contribution in [3.63, 3.8) is 0 Å². The van der Waals surface area contributed by atoms with Crippen LogP contribution in [-0.2, 0) is 6.54 Å². The first-order valence-electron chi connectivity index (χ1n) is 7.83. The molecule has 0 aliphatic rings. The number of benzene rings is 3. The summed E-state index contributed by atoms with van der Waals surface area (Å²) in [5.41, 5.74) is 1.12. The van der Waals surface area contributed by atoms with Crippen molar-refractivity contribution in [1.82, 2.24) is 5.32 Å². The van der Waals surface area contributed by atoms with Crippen LogP contribution in [0.1, 0.15) is 15.9 Å². The van der Waals surface area contributed by atoms with E-state index in [-0.39, 0.29) is 17.2 Å². The van der Waals surface area contributed by atoms with Crippen LogP contribution in [0.25, 0.3) is 10.8 Å². The van der Waals surface area contributed by atoms with Crippen molar-refractivity contribution in [3.8, 4) is 17.2 Å². The molecule has 0 bridgehead atoms. The van der Waals surface area contributed by atoms with Gasteiger partial charge in [-0.25, -0.2) is 0 Å². The minimum absolute atomic E-state index is 0.0384. The van der Waals surface area contributed by atoms with Crippen molar-refractivity contribution in [1.29, 1.82) is 0 Å². The van der Waals surface area contributed by atoms with Gasteiger partial charge in [0, 0.05) is 6.54 Å². The lowest BCUT2D eigenvalue weighted by molar-refractivity contribution is 0.0948. The van der Waals surface area contributed by atoms with Gasteiger partial charge in [0.05, 0.1) is 19.8 Å². The summed E-state index contributed by atoms with van der Waals surface area (Å²) < 4.78 is 10.5. The molecule has 0 fully saturated rings. The van der Waals surface area contributed by atoms with E-state index in [1.165, 1.54) is 0 Å². The van der Waals surface area contributed by atoms with Crippen LogP contribution >= 0.6 is 0 Å². The standard InChI is InChI=1S/C20H19NO4/c1-24-18-8-7-13(9-19(18)25-2)12-21-20(23)16-10-14-5-3-4-6-15(14)11-17(16)22/h3-11,22H,12H2,1-2H3,(H,21,23). The Hall–Kier alpha value is -3.21. The number of phenols is 1. The Morgan fingerprint density at radius 1 is 0.960 bits per heavy atom. The Labute approximate surface area is 145 Å². The predicted molar refractivity (Wildman–Crippen MR) is 96.3 cm³/mol. The van der Waals surface area contributed by atoms with Crippen LogP contribution < -0.4 is 14.8 Å². The summed E-state index contributed by atoms with van der Waals surface area (Å²) in [5.74, 6) is 0.856. The van der Waals surface area contributed by atoms with E-state index >= 15 is 0 Å². The molecule has 0 heterocycles. The lowest BCUT2D eigenvalue weighted by Gasteiger charge is -2.11. The van der Waals surface area contributed by atoms with Gasteiger partial charge >= 0.3 is 0 Å². The van der Waals surface area contributed by atoms with Gasteiger partial charge < -0.3 is 19.9 Å². The lowest BCUT2D eigenvalue weighted by Crippen LogP contribution is -2.22. The molecule has 5 nitrogen and oxygen atoms in total. The van der Waals surface area contributed by atoms with Crippen LogP contribution in [0.3, 0.4) is 0 Å². The quantitative estimate of drug-likeness (QED) is 0.748. The van der Waals surface area contributed by atoms with E-state index in [9.17, 15) is 9.90 Å². The van der Waals surface area contributed by atoms with Crippen LogP contribution in [0.5, 0.6) is 17.2 Å². The summed E-state index contributed by atoms with van der Waals surface area (Å²) >= 11 is 0. The molecular weight excluding hydrogens is 318 g/mol. The minimum atomic E-state index is -0.335. The predicted octanol–water partition coefficient (Wildman–Crippen LogP) is 3.49. The number of carbonyl (C=O) groups is 1. The first kappa shape index (κ1) is 16.6. The highest BCUT2D eigenvalue weighted by Crippen LogP contribution is 2.28. The Morgan fingerprint density at radius 3 is 2.32 bits per heavy atom. The third kappa shape index (κ3) is 3.50. The van der Waals surface area contributed by atoms with Crippen LogP contribution in [-0.4, -0.2) is 25.2 Å². The van der Waals surface area contributed by atoms with E-state index in [1.807, 2.05) is 30.3 Å². The second kappa shape index (κ2) is 7.13. The van der Waals surface area contributed by atoms with Gasteiger partial charge in [-0.3, -0.25) is 4.79 Å². The third-order valence-corrected chi connectivity index (χ3v) is 4.01. The van der Waals surface area contributed by atoms with Crippen molar-refractivity contribution in [2.45, 2.75) is 6.54 Å².